The van der Waals surface area contributed by atoms with Crippen molar-refractivity contribution < 1.29 is 0 Å². The highest BCUT2D eigenvalue weighted by Gasteiger charge is 2.29. The summed E-state index contributed by atoms with van der Waals surface area (Å²) in [7, 11) is 0. The van der Waals surface area contributed by atoms with Crippen molar-refractivity contribution in [1.82, 2.24) is 14.1 Å². The molecule has 1 aromatic heterocycles. The monoisotopic (exact) mass is 324 g/mol. The number of halogens is 1. The average molecular weight is 325 g/mol. The predicted molar refractivity (Wildman–Crippen MR) is 90.5 cm³/mol. The van der Waals surface area contributed by atoms with Gasteiger partial charge in [-0.15, -0.1) is 0 Å². The van der Waals surface area contributed by atoms with Crippen molar-refractivity contribution in [2.75, 3.05) is 18.0 Å². The zero-order valence-electron chi connectivity index (χ0n) is 12.5. The van der Waals surface area contributed by atoms with E-state index in [1.54, 1.807) is 0 Å². The summed E-state index contributed by atoms with van der Waals surface area (Å²) in [6, 6.07) is 4.89. The van der Waals surface area contributed by atoms with E-state index in [1.807, 2.05) is 12.1 Å². The van der Waals surface area contributed by atoms with Crippen LogP contribution in [-0.2, 0) is 0 Å². The van der Waals surface area contributed by atoms with E-state index >= 15 is 0 Å². The molecule has 2 unspecified atom stereocenters. The molecule has 1 saturated heterocycles. The molecule has 0 aliphatic carbocycles. The molecule has 21 heavy (non-hydrogen) atoms. The van der Waals surface area contributed by atoms with E-state index in [1.165, 1.54) is 24.6 Å². The molecule has 0 radical (unpaired) electrons. The van der Waals surface area contributed by atoms with Crippen LogP contribution in [0.15, 0.2) is 12.1 Å². The maximum Gasteiger partial charge on any atom is 0.129 e. The van der Waals surface area contributed by atoms with Gasteiger partial charge in [0.2, 0.25) is 0 Å². The second-order valence-electron chi connectivity index (χ2n) is 5.64. The summed E-state index contributed by atoms with van der Waals surface area (Å²) < 4.78 is 8.83. The molecule has 2 aromatic rings. The lowest BCUT2D eigenvalue weighted by Crippen LogP contribution is -2.56. The van der Waals surface area contributed by atoms with Gasteiger partial charge in [0.05, 0.1) is 22.4 Å². The number of benzene rings is 1. The standard InChI is InChI=1S/C15H21ClN4S/c1-3-5-10-9-20(11(4-2)8-17-10)15-12(16)6-7-13-14(15)19-21-18-13/h6-7,10-11,17H,3-5,8-9H2,1-2H3. The minimum Gasteiger partial charge on any atom is -0.363 e. The van der Waals surface area contributed by atoms with Crippen LogP contribution in [0.25, 0.3) is 11.0 Å². The van der Waals surface area contributed by atoms with Gasteiger partial charge in [-0.3, -0.25) is 0 Å². The Morgan fingerprint density at radius 2 is 2.24 bits per heavy atom. The van der Waals surface area contributed by atoms with Crippen molar-refractivity contribution >= 4 is 40.0 Å². The molecular formula is C15H21ClN4S. The Bertz CT molecular complexity index is 615. The molecule has 2 heterocycles. The van der Waals surface area contributed by atoms with Gasteiger partial charge in [-0.05, 0) is 25.0 Å². The molecule has 1 aromatic carbocycles. The Kier molecular flexibility index (Phi) is 4.62. The summed E-state index contributed by atoms with van der Waals surface area (Å²) in [4.78, 5) is 2.45. The zero-order valence-corrected chi connectivity index (χ0v) is 14.0. The van der Waals surface area contributed by atoms with Crippen LogP contribution in [0.4, 0.5) is 5.69 Å². The molecule has 4 nitrogen and oxygen atoms in total. The third kappa shape index (κ3) is 2.87. The van der Waals surface area contributed by atoms with Crippen LogP contribution in [0.3, 0.4) is 0 Å². The van der Waals surface area contributed by atoms with E-state index in [9.17, 15) is 0 Å². The van der Waals surface area contributed by atoms with E-state index in [-0.39, 0.29) is 0 Å². The van der Waals surface area contributed by atoms with Gasteiger partial charge in [0.15, 0.2) is 0 Å². The van der Waals surface area contributed by atoms with E-state index in [4.69, 9.17) is 11.6 Å². The minimum absolute atomic E-state index is 0.461. The highest BCUT2D eigenvalue weighted by Crippen LogP contribution is 2.36. The molecule has 6 heteroatoms. The average Bonchev–Trinajstić information content (AvgIpc) is 2.96. The first-order valence-corrected chi connectivity index (χ1v) is 8.76. The fourth-order valence-electron chi connectivity index (χ4n) is 3.13. The third-order valence-electron chi connectivity index (χ3n) is 4.25. The first-order valence-electron chi connectivity index (χ1n) is 7.65. The van der Waals surface area contributed by atoms with Crippen molar-refractivity contribution in [1.29, 1.82) is 0 Å². The second kappa shape index (κ2) is 6.46. The normalized spacial score (nSPS) is 22.9. The fourth-order valence-corrected chi connectivity index (χ4v) is 3.93. The van der Waals surface area contributed by atoms with Crippen LogP contribution >= 0.6 is 23.3 Å². The van der Waals surface area contributed by atoms with E-state index in [0.29, 0.717) is 12.1 Å². The Hall–Kier alpha value is -0.910. The Labute approximate surface area is 134 Å². The predicted octanol–water partition coefficient (Wildman–Crippen LogP) is 3.70. The number of hydrogen-bond donors (Lipinski definition) is 1. The van der Waals surface area contributed by atoms with Gasteiger partial charge in [-0.25, -0.2) is 0 Å². The molecule has 0 bridgehead atoms. The molecule has 3 rings (SSSR count). The Morgan fingerprint density at radius 1 is 1.38 bits per heavy atom. The van der Waals surface area contributed by atoms with E-state index < -0.39 is 0 Å². The van der Waals surface area contributed by atoms with Crippen LogP contribution in [0.5, 0.6) is 0 Å². The number of hydrogen-bond acceptors (Lipinski definition) is 5. The SMILES string of the molecule is CCCC1CN(c2c(Cl)ccc3nsnc23)C(CC)CN1. The molecule has 0 amide bonds. The maximum atomic E-state index is 6.52. The van der Waals surface area contributed by atoms with Gasteiger partial charge in [-0.2, -0.15) is 8.75 Å². The second-order valence-corrected chi connectivity index (χ2v) is 6.57. The van der Waals surface area contributed by atoms with Crippen LogP contribution in [-0.4, -0.2) is 33.9 Å². The van der Waals surface area contributed by atoms with Crippen molar-refractivity contribution in [3.8, 4) is 0 Å². The van der Waals surface area contributed by atoms with Crippen LogP contribution in [0.2, 0.25) is 5.02 Å². The van der Waals surface area contributed by atoms with Gasteiger partial charge in [0.1, 0.15) is 11.0 Å². The van der Waals surface area contributed by atoms with Gasteiger partial charge in [0.25, 0.3) is 0 Å². The van der Waals surface area contributed by atoms with Crippen LogP contribution < -0.4 is 10.2 Å². The van der Waals surface area contributed by atoms with Gasteiger partial charge in [-0.1, -0.05) is 31.9 Å². The molecular weight excluding hydrogens is 304 g/mol. The molecule has 0 spiro atoms. The number of fused-ring (bicyclic) bond motifs is 1. The van der Waals surface area contributed by atoms with Gasteiger partial charge in [0, 0.05) is 25.2 Å². The molecule has 1 fully saturated rings. The number of piperazine rings is 1. The van der Waals surface area contributed by atoms with Crippen LogP contribution in [0, 0.1) is 0 Å². The number of aromatic nitrogens is 2. The summed E-state index contributed by atoms with van der Waals surface area (Å²) in [6.45, 7) is 6.46. The molecule has 1 N–H and O–H groups in total. The topological polar surface area (TPSA) is 41.1 Å². The highest BCUT2D eigenvalue weighted by molar-refractivity contribution is 7.00. The largest absolute Gasteiger partial charge is 0.363 e. The summed E-state index contributed by atoms with van der Waals surface area (Å²) in [5, 5.41) is 4.45. The lowest BCUT2D eigenvalue weighted by Gasteiger charge is -2.42. The quantitative estimate of drug-likeness (QED) is 0.931. The molecule has 1 aliphatic heterocycles. The molecule has 1 aliphatic rings. The first-order chi connectivity index (χ1) is 10.2. The van der Waals surface area contributed by atoms with Crippen molar-refractivity contribution in [3.63, 3.8) is 0 Å². The van der Waals surface area contributed by atoms with Crippen molar-refractivity contribution in [2.45, 2.75) is 45.2 Å². The minimum atomic E-state index is 0.461. The molecule has 0 saturated carbocycles. The highest BCUT2D eigenvalue weighted by atomic mass is 35.5. The number of nitrogens with zero attached hydrogens (tertiary/aromatic N) is 3. The lowest BCUT2D eigenvalue weighted by molar-refractivity contribution is 0.370. The molecule has 2 atom stereocenters. The smallest absolute Gasteiger partial charge is 0.129 e. The number of nitrogens with one attached hydrogen (secondary N) is 1. The summed E-state index contributed by atoms with van der Waals surface area (Å²) >= 11 is 7.77. The van der Waals surface area contributed by atoms with Gasteiger partial charge >= 0.3 is 0 Å². The van der Waals surface area contributed by atoms with Crippen molar-refractivity contribution in [3.05, 3.63) is 17.2 Å². The fraction of sp³-hybridized carbons (Fsp3) is 0.600. The molecule has 114 valence electrons. The lowest BCUT2D eigenvalue weighted by atomic mass is 10.0. The Morgan fingerprint density at radius 3 is 3.00 bits per heavy atom. The zero-order chi connectivity index (χ0) is 14.8. The number of rotatable bonds is 4. The Balaban J connectivity index is 2.00. The van der Waals surface area contributed by atoms with E-state index in [0.717, 1.165) is 41.3 Å². The van der Waals surface area contributed by atoms with Gasteiger partial charge < -0.3 is 10.2 Å². The van der Waals surface area contributed by atoms with Crippen molar-refractivity contribution in [2.24, 2.45) is 0 Å². The summed E-state index contributed by atoms with van der Waals surface area (Å²) in [6.07, 6.45) is 3.48. The maximum absolute atomic E-state index is 6.52. The first kappa shape index (κ1) is 15.0. The summed E-state index contributed by atoms with van der Waals surface area (Å²) in [5.41, 5.74) is 2.96. The van der Waals surface area contributed by atoms with Crippen LogP contribution in [0.1, 0.15) is 33.1 Å². The third-order valence-corrected chi connectivity index (χ3v) is 5.10. The number of anilines is 1. The van der Waals surface area contributed by atoms with E-state index in [2.05, 4.69) is 32.8 Å². The summed E-state index contributed by atoms with van der Waals surface area (Å²) in [5.74, 6) is 0.